The predicted molar refractivity (Wildman–Crippen MR) is 123 cm³/mol. The number of carbonyl (C=O) groups excluding carboxylic acids is 2. The van der Waals surface area contributed by atoms with Crippen molar-refractivity contribution in [2.75, 3.05) is 52.7 Å². The average molecular weight is 457 g/mol. The highest BCUT2D eigenvalue weighted by Gasteiger charge is 2.49. The van der Waals surface area contributed by atoms with Crippen molar-refractivity contribution in [1.82, 2.24) is 10.2 Å². The first kappa shape index (κ1) is 27.0. The lowest BCUT2D eigenvalue weighted by molar-refractivity contribution is -0.127. The molecule has 2 atom stereocenters. The molecule has 0 aromatic rings. The number of Topliss-reactive ketones (excluding diaryl/α,β-unsaturated/α-hetero) is 1. The number of carbonyl (C=O) groups is 2. The van der Waals surface area contributed by atoms with Crippen molar-refractivity contribution in [3.8, 4) is 0 Å². The highest BCUT2D eigenvalue weighted by atomic mass is 16.6. The monoisotopic (exact) mass is 456 g/mol. The summed E-state index contributed by atoms with van der Waals surface area (Å²) in [5, 5.41) is 2.73. The first-order valence-corrected chi connectivity index (χ1v) is 12.1. The molecule has 186 valence electrons. The van der Waals surface area contributed by atoms with Crippen molar-refractivity contribution in [2.24, 2.45) is 5.41 Å². The average Bonchev–Trinajstić information content (AvgIpc) is 3.28. The van der Waals surface area contributed by atoms with E-state index in [-0.39, 0.29) is 28.9 Å². The molecule has 2 aliphatic heterocycles. The number of alkyl carbamates (subject to hydrolysis) is 1. The van der Waals surface area contributed by atoms with Crippen LogP contribution in [0.3, 0.4) is 0 Å². The summed E-state index contributed by atoms with van der Waals surface area (Å²) in [5.41, 5.74) is -0.192. The topological polar surface area (TPSA) is 86.3 Å². The van der Waals surface area contributed by atoms with Crippen LogP contribution in [0.4, 0.5) is 4.79 Å². The zero-order chi connectivity index (χ0) is 23.6. The summed E-state index contributed by atoms with van der Waals surface area (Å²) in [6.45, 7) is 14.2. The van der Waals surface area contributed by atoms with E-state index in [4.69, 9.17) is 18.9 Å². The minimum absolute atomic E-state index is 0.130. The predicted octanol–water partition coefficient (Wildman–Crippen LogP) is 3.17. The van der Waals surface area contributed by atoms with Gasteiger partial charge in [0.15, 0.2) is 0 Å². The maximum Gasteiger partial charge on any atom is 0.407 e. The number of fused-ring (bicyclic) bond motifs is 1. The lowest BCUT2D eigenvalue weighted by atomic mass is 9.89. The number of nitrogens with zero attached hydrogens (tertiary/aromatic N) is 1. The van der Waals surface area contributed by atoms with Crippen LogP contribution in [-0.2, 0) is 23.7 Å². The summed E-state index contributed by atoms with van der Waals surface area (Å²) < 4.78 is 22.3. The summed E-state index contributed by atoms with van der Waals surface area (Å²) in [5.74, 6) is 0.193. The van der Waals surface area contributed by atoms with Crippen LogP contribution in [0.5, 0.6) is 0 Å². The van der Waals surface area contributed by atoms with Gasteiger partial charge in [0.25, 0.3) is 0 Å². The molecular weight excluding hydrogens is 412 g/mol. The van der Waals surface area contributed by atoms with Crippen LogP contribution >= 0.6 is 0 Å². The quantitative estimate of drug-likeness (QED) is 0.402. The fourth-order valence-corrected chi connectivity index (χ4v) is 4.42. The molecule has 2 saturated heterocycles. The summed E-state index contributed by atoms with van der Waals surface area (Å²) in [6.07, 6.45) is 4.74. The van der Waals surface area contributed by atoms with Gasteiger partial charge in [0, 0.05) is 30.0 Å². The number of amides is 1. The number of ketones is 1. The van der Waals surface area contributed by atoms with Crippen molar-refractivity contribution < 1.29 is 28.5 Å². The molecule has 1 N–H and O–H groups in total. The Morgan fingerprint density at radius 3 is 2.50 bits per heavy atom. The first-order valence-electron chi connectivity index (χ1n) is 12.1. The van der Waals surface area contributed by atoms with Crippen LogP contribution in [0.1, 0.15) is 66.7 Å². The Morgan fingerprint density at radius 1 is 1.09 bits per heavy atom. The summed E-state index contributed by atoms with van der Waals surface area (Å²) in [7, 11) is 0. The number of hydrogen-bond donors (Lipinski definition) is 1. The van der Waals surface area contributed by atoms with E-state index in [2.05, 4.69) is 24.1 Å². The SMILES string of the molecule is CC(C)OCC12CCCN1[C@@H](COC(=O)NCCOCCOCCC(=O)C(C)(C)C)CC2. The molecule has 8 heteroatoms. The van der Waals surface area contributed by atoms with Crippen LogP contribution in [0.15, 0.2) is 0 Å². The zero-order valence-electron chi connectivity index (χ0n) is 20.7. The molecule has 1 unspecified atom stereocenters. The Hall–Kier alpha value is -1.22. The number of rotatable bonds is 14. The minimum Gasteiger partial charge on any atom is -0.448 e. The van der Waals surface area contributed by atoms with Gasteiger partial charge < -0.3 is 24.3 Å². The normalized spacial score (nSPS) is 23.5. The van der Waals surface area contributed by atoms with Gasteiger partial charge in [-0.25, -0.2) is 4.79 Å². The third kappa shape index (κ3) is 8.61. The Balaban J connectivity index is 1.49. The molecule has 0 saturated carbocycles. The Kier molecular flexibility index (Phi) is 10.9. The van der Waals surface area contributed by atoms with Gasteiger partial charge in [-0.05, 0) is 46.1 Å². The van der Waals surface area contributed by atoms with Crippen LogP contribution in [0.2, 0.25) is 0 Å². The highest BCUT2D eigenvalue weighted by Crippen LogP contribution is 2.42. The van der Waals surface area contributed by atoms with Crippen molar-refractivity contribution in [3.05, 3.63) is 0 Å². The third-order valence-electron chi connectivity index (χ3n) is 6.32. The van der Waals surface area contributed by atoms with Crippen molar-refractivity contribution in [1.29, 1.82) is 0 Å². The lowest BCUT2D eigenvalue weighted by Gasteiger charge is -2.35. The molecule has 0 aromatic heterocycles. The largest absolute Gasteiger partial charge is 0.448 e. The molecule has 32 heavy (non-hydrogen) atoms. The molecule has 0 spiro atoms. The van der Waals surface area contributed by atoms with E-state index >= 15 is 0 Å². The summed E-state index contributed by atoms with van der Waals surface area (Å²) >= 11 is 0. The third-order valence-corrected chi connectivity index (χ3v) is 6.32. The summed E-state index contributed by atoms with van der Waals surface area (Å²) in [4.78, 5) is 26.3. The van der Waals surface area contributed by atoms with Gasteiger partial charge in [-0.3, -0.25) is 9.69 Å². The molecule has 8 nitrogen and oxygen atoms in total. The van der Waals surface area contributed by atoms with Gasteiger partial charge >= 0.3 is 6.09 Å². The standard InChI is InChI=1S/C24H44N2O6/c1-19(2)32-18-24-9-6-12-26(24)20(7-10-24)17-31-22(28)25-11-14-30-16-15-29-13-8-21(27)23(3,4)5/h19-20H,6-18H2,1-5H3,(H,25,28)/t20-,24?/m1/s1. The van der Waals surface area contributed by atoms with Crippen LogP contribution in [0.25, 0.3) is 0 Å². The van der Waals surface area contributed by atoms with Gasteiger partial charge in [0.2, 0.25) is 0 Å². The molecule has 2 fully saturated rings. The minimum atomic E-state index is -0.402. The molecular formula is C24H44N2O6. The Morgan fingerprint density at radius 2 is 1.81 bits per heavy atom. The van der Waals surface area contributed by atoms with E-state index < -0.39 is 6.09 Å². The van der Waals surface area contributed by atoms with Crippen molar-refractivity contribution in [2.45, 2.75) is 84.4 Å². The number of ether oxygens (including phenoxy) is 4. The van der Waals surface area contributed by atoms with E-state index in [9.17, 15) is 9.59 Å². The molecule has 0 bridgehead atoms. The molecule has 1 amide bonds. The fraction of sp³-hybridized carbons (Fsp3) is 0.917. The molecule has 2 aliphatic rings. The van der Waals surface area contributed by atoms with Crippen LogP contribution < -0.4 is 5.32 Å². The molecule has 2 rings (SSSR count). The van der Waals surface area contributed by atoms with Gasteiger partial charge in [-0.15, -0.1) is 0 Å². The zero-order valence-corrected chi connectivity index (χ0v) is 20.7. The number of nitrogens with one attached hydrogen (secondary N) is 1. The van der Waals surface area contributed by atoms with E-state index in [1.165, 1.54) is 6.42 Å². The fourth-order valence-electron chi connectivity index (χ4n) is 4.42. The smallest absolute Gasteiger partial charge is 0.407 e. The first-order chi connectivity index (χ1) is 15.1. The molecule has 0 aromatic carbocycles. The van der Waals surface area contributed by atoms with Crippen molar-refractivity contribution >= 4 is 11.9 Å². The van der Waals surface area contributed by atoms with E-state index in [1.54, 1.807) is 0 Å². The van der Waals surface area contributed by atoms with Gasteiger partial charge in [0.1, 0.15) is 12.4 Å². The van der Waals surface area contributed by atoms with Gasteiger partial charge in [-0.2, -0.15) is 0 Å². The maximum absolute atomic E-state index is 12.0. The molecule has 0 radical (unpaired) electrons. The van der Waals surface area contributed by atoms with E-state index in [0.717, 1.165) is 32.4 Å². The van der Waals surface area contributed by atoms with Gasteiger partial charge in [0.05, 0.1) is 39.1 Å². The van der Waals surface area contributed by atoms with Crippen LogP contribution in [-0.4, -0.2) is 87.2 Å². The van der Waals surface area contributed by atoms with Crippen molar-refractivity contribution in [3.63, 3.8) is 0 Å². The van der Waals surface area contributed by atoms with Gasteiger partial charge in [-0.1, -0.05) is 20.8 Å². The molecule has 2 heterocycles. The van der Waals surface area contributed by atoms with E-state index in [0.29, 0.717) is 46.0 Å². The Bertz CT molecular complexity index is 592. The second kappa shape index (κ2) is 12.9. The molecule has 0 aliphatic carbocycles. The second-order valence-electron chi connectivity index (χ2n) is 10.2. The van der Waals surface area contributed by atoms with E-state index in [1.807, 2.05) is 20.8 Å². The second-order valence-corrected chi connectivity index (χ2v) is 10.2. The maximum atomic E-state index is 12.0. The lowest BCUT2D eigenvalue weighted by Crippen LogP contribution is -2.47. The Labute approximate surface area is 193 Å². The highest BCUT2D eigenvalue weighted by molar-refractivity contribution is 5.83. The van der Waals surface area contributed by atoms with Crippen LogP contribution in [0, 0.1) is 5.41 Å². The summed E-state index contributed by atoms with van der Waals surface area (Å²) in [6, 6.07) is 0.276. The number of hydrogen-bond acceptors (Lipinski definition) is 7.